The summed E-state index contributed by atoms with van der Waals surface area (Å²) in [4.78, 5) is 15.1. The van der Waals surface area contributed by atoms with E-state index in [9.17, 15) is 13.2 Å². The van der Waals surface area contributed by atoms with Gasteiger partial charge in [-0.3, -0.25) is 4.79 Å². The third-order valence-corrected chi connectivity index (χ3v) is 8.32. The molecule has 0 saturated carbocycles. The van der Waals surface area contributed by atoms with Crippen LogP contribution in [0.1, 0.15) is 37.4 Å². The van der Waals surface area contributed by atoms with Gasteiger partial charge in [0.1, 0.15) is 5.75 Å². The van der Waals surface area contributed by atoms with E-state index in [-0.39, 0.29) is 5.91 Å². The van der Waals surface area contributed by atoms with E-state index >= 15 is 0 Å². The molecule has 1 unspecified atom stereocenters. The highest BCUT2D eigenvalue weighted by atomic mass is 32.2. The number of hydrogen-bond donors (Lipinski definition) is 0. The summed E-state index contributed by atoms with van der Waals surface area (Å²) in [7, 11) is -3.27. The summed E-state index contributed by atoms with van der Waals surface area (Å²) in [5.74, 6) is 0.508. The zero-order chi connectivity index (χ0) is 21.0. The Kier molecular flexibility index (Phi) is 6.39. The Bertz CT molecular complexity index is 936. The highest BCUT2D eigenvalue weighted by Crippen LogP contribution is 2.28. The third-order valence-electron chi connectivity index (χ3n) is 5.92. The summed E-state index contributed by atoms with van der Waals surface area (Å²) < 4.78 is 33.4. The smallest absolute Gasteiger partial charge is 0.268 e. The molecule has 2 fully saturated rings. The summed E-state index contributed by atoms with van der Waals surface area (Å²) in [6.45, 7) is 2.11. The van der Waals surface area contributed by atoms with Gasteiger partial charge in [-0.2, -0.15) is 0 Å². The van der Waals surface area contributed by atoms with Crippen LogP contribution in [0, 0.1) is 0 Å². The molecule has 2 aliphatic rings. The Morgan fingerprint density at radius 3 is 2.03 bits per heavy atom. The lowest BCUT2D eigenvalue weighted by Crippen LogP contribution is -2.48. The predicted octanol–water partition coefficient (Wildman–Crippen LogP) is 3.22. The van der Waals surface area contributed by atoms with Crippen LogP contribution in [-0.4, -0.2) is 55.0 Å². The number of likely N-dealkylation sites (tertiary alicyclic amines) is 1. The van der Waals surface area contributed by atoms with E-state index in [1.807, 2.05) is 60.7 Å². The van der Waals surface area contributed by atoms with Crippen LogP contribution in [-0.2, 0) is 14.8 Å². The lowest BCUT2D eigenvalue weighted by molar-refractivity contribution is -0.140. The topological polar surface area (TPSA) is 66.9 Å². The van der Waals surface area contributed by atoms with Crippen LogP contribution in [0.25, 0.3) is 0 Å². The first-order valence-corrected chi connectivity index (χ1v) is 12.1. The zero-order valence-corrected chi connectivity index (χ0v) is 17.8. The number of sulfonamides is 1. The van der Waals surface area contributed by atoms with Crippen molar-refractivity contribution >= 4 is 15.9 Å². The molecule has 2 heterocycles. The highest BCUT2D eigenvalue weighted by Gasteiger charge is 2.38. The van der Waals surface area contributed by atoms with Gasteiger partial charge in [-0.25, -0.2) is 12.7 Å². The molecule has 30 heavy (non-hydrogen) atoms. The van der Waals surface area contributed by atoms with Crippen molar-refractivity contribution in [1.82, 2.24) is 9.21 Å². The molecule has 0 bridgehead atoms. The van der Waals surface area contributed by atoms with E-state index in [1.165, 1.54) is 0 Å². The van der Waals surface area contributed by atoms with Crippen molar-refractivity contribution in [2.75, 3.05) is 26.2 Å². The first-order chi connectivity index (χ1) is 14.6. The minimum Gasteiger partial charge on any atom is -0.476 e. The number of para-hydroxylation sites is 1. The van der Waals surface area contributed by atoms with E-state index < -0.39 is 21.4 Å². The Balaban J connectivity index is 1.46. The summed E-state index contributed by atoms with van der Waals surface area (Å²) >= 11 is 0. The Hall–Kier alpha value is -2.38. The Morgan fingerprint density at radius 1 is 0.867 bits per heavy atom. The monoisotopic (exact) mass is 428 g/mol. The van der Waals surface area contributed by atoms with Crippen molar-refractivity contribution in [3.05, 3.63) is 66.2 Å². The van der Waals surface area contributed by atoms with Crippen molar-refractivity contribution in [1.29, 1.82) is 0 Å². The molecule has 160 valence electrons. The Labute approximate surface area is 178 Å². The predicted molar refractivity (Wildman–Crippen MR) is 116 cm³/mol. The van der Waals surface area contributed by atoms with Crippen molar-refractivity contribution in [2.45, 2.75) is 37.0 Å². The second-order valence-electron chi connectivity index (χ2n) is 7.90. The largest absolute Gasteiger partial charge is 0.476 e. The van der Waals surface area contributed by atoms with Crippen molar-refractivity contribution in [3.63, 3.8) is 0 Å². The number of nitrogens with zero attached hydrogens (tertiary/aromatic N) is 2. The van der Waals surface area contributed by atoms with E-state index in [0.29, 0.717) is 44.8 Å². The molecule has 1 amide bonds. The van der Waals surface area contributed by atoms with Crippen LogP contribution >= 0.6 is 0 Å². The minimum atomic E-state index is -3.27. The van der Waals surface area contributed by atoms with Crippen molar-refractivity contribution in [2.24, 2.45) is 0 Å². The lowest BCUT2D eigenvalue weighted by atomic mass is 10.1. The molecule has 0 spiro atoms. The fourth-order valence-electron chi connectivity index (χ4n) is 4.22. The second kappa shape index (κ2) is 9.18. The molecule has 6 nitrogen and oxygen atoms in total. The molecular formula is C23H28N2O4S. The molecule has 4 rings (SSSR count). The first-order valence-electron chi connectivity index (χ1n) is 10.6. The number of carbonyl (C=O) groups excluding carboxylic acids is 1. The van der Waals surface area contributed by atoms with Crippen LogP contribution in [0.15, 0.2) is 60.7 Å². The van der Waals surface area contributed by atoms with Gasteiger partial charge in [0.25, 0.3) is 5.91 Å². The van der Waals surface area contributed by atoms with Crippen LogP contribution in [0.5, 0.6) is 5.75 Å². The van der Waals surface area contributed by atoms with Gasteiger partial charge in [-0.15, -0.1) is 0 Å². The summed E-state index contributed by atoms with van der Waals surface area (Å²) in [6.07, 6.45) is 2.06. The van der Waals surface area contributed by atoms with Gasteiger partial charge in [0.15, 0.2) is 0 Å². The van der Waals surface area contributed by atoms with Gasteiger partial charge >= 0.3 is 0 Å². The van der Waals surface area contributed by atoms with Gasteiger partial charge in [-0.05, 0) is 37.8 Å². The highest BCUT2D eigenvalue weighted by molar-refractivity contribution is 7.89. The minimum absolute atomic E-state index is 0.123. The third kappa shape index (κ3) is 4.52. The number of rotatable bonds is 6. The van der Waals surface area contributed by atoms with Gasteiger partial charge in [-0.1, -0.05) is 48.5 Å². The number of benzene rings is 2. The zero-order valence-electron chi connectivity index (χ0n) is 17.0. The van der Waals surface area contributed by atoms with Gasteiger partial charge in [0, 0.05) is 31.7 Å². The molecule has 1 atom stereocenters. The van der Waals surface area contributed by atoms with Crippen LogP contribution in [0.4, 0.5) is 0 Å². The number of ether oxygens (including phenoxy) is 1. The van der Waals surface area contributed by atoms with E-state index in [0.717, 1.165) is 18.4 Å². The fourth-order valence-corrected chi connectivity index (χ4v) is 6.21. The molecule has 7 heteroatoms. The Morgan fingerprint density at radius 2 is 1.43 bits per heavy atom. The van der Waals surface area contributed by atoms with E-state index in [2.05, 4.69) is 0 Å². The average molecular weight is 429 g/mol. The number of piperidine rings is 1. The molecular weight excluding hydrogens is 400 g/mol. The summed E-state index contributed by atoms with van der Waals surface area (Å²) in [5.41, 5.74) is 0.790. The van der Waals surface area contributed by atoms with Crippen LogP contribution < -0.4 is 4.74 Å². The maximum atomic E-state index is 13.4. The van der Waals surface area contributed by atoms with Gasteiger partial charge < -0.3 is 9.64 Å². The van der Waals surface area contributed by atoms with Gasteiger partial charge in [0.2, 0.25) is 16.1 Å². The van der Waals surface area contributed by atoms with E-state index in [1.54, 1.807) is 9.21 Å². The van der Waals surface area contributed by atoms with Crippen molar-refractivity contribution in [3.8, 4) is 5.75 Å². The first kappa shape index (κ1) is 20.9. The number of hydrogen-bond acceptors (Lipinski definition) is 4. The molecule has 0 aromatic heterocycles. The average Bonchev–Trinajstić information content (AvgIpc) is 3.34. The van der Waals surface area contributed by atoms with Crippen molar-refractivity contribution < 1.29 is 17.9 Å². The molecule has 2 aliphatic heterocycles. The summed E-state index contributed by atoms with van der Waals surface area (Å²) in [5, 5.41) is -0.398. The number of carbonyl (C=O) groups is 1. The SMILES string of the molecule is O=C(C(Oc1ccccc1)c1ccccc1)N1CCC(S(=O)(=O)N2CCCC2)CC1. The van der Waals surface area contributed by atoms with Crippen LogP contribution in [0.2, 0.25) is 0 Å². The molecule has 0 radical (unpaired) electrons. The molecule has 0 N–H and O–H groups in total. The molecule has 2 saturated heterocycles. The normalized spacial score (nSPS) is 19.5. The lowest BCUT2D eigenvalue weighted by Gasteiger charge is -2.35. The quantitative estimate of drug-likeness (QED) is 0.709. The van der Waals surface area contributed by atoms with Crippen LogP contribution in [0.3, 0.4) is 0 Å². The maximum absolute atomic E-state index is 13.4. The van der Waals surface area contributed by atoms with Gasteiger partial charge in [0.05, 0.1) is 5.25 Å². The summed E-state index contributed by atoms with van der Waals surface area (Å²) in [6, 6.07) is 18.8. The molecule has 2 aromatic rings. The second-order valence-corrected chi connectivity index (χ2v) is 10.1. The molecule has 0 aliphatic carbocycles. The number of amides is 1. The fraction of sp³-hybridized carbons (Fsp3) is 0.435. The maximum Gasteiger partial charge on any atom is 0.268 e. The van der Waals surface area contributed by atoms with E-state index in [4.69, 9.17) is 4.74 Å². The molecule has 2 aromatic carbocycles. The standard InChI is InChI=1S/C23H28N2O4S/c26-23(22(19-9-3-1-4-10-19)29-20-11-5-2-6-12-20)24-17-13-21(14-18-24)30(27,28)25-15-7-8-16-25/h1-6,9-12,21-22H,7-8,13-18H2.